The Bertz CT molecular complexity index is 366. The van der Waals surface area contributed by atoms with E-state index >= 15 is 0 Å². The van der Waals surface area contributed by atoms with Crippen molar-refractivity contribution in [1.82, 2.24) is 10.3 Å². The lowest BCUT2D eigenvalue weighted by atomic mass is 9.78. The normalized spacial score (nSPS) is 26.2. The van der Waals surface area contributed by atoms with Crippen molar-refractivity contribution in [3.05, 3.63) is 15.6 Å². The maximum Gasteiger partial charge on any atom is 0.0946 e. The zero-order valence-corrected chi connectivity index (χ0v) is 12.9. The predicted molar refractivity (Wildman–Crippen MR) is 79.3 cm³/mol. The van der Waals surface area contributed by atoms with E-state index in [0.717, 1.165) is 18.3 Å². The second-order valence-corrected chi connectivity index (χ2v) is 7.17. The standard InChI is InChI=1S/C15H26N2S/c1-10-6-5-7-13(8-10)14(16-4)9-15-17-11(2)12(3)18-15/h10,13-14,16H,5-9H2,1-4H3. The molecular formula is C15H26N2S. The Labute approximate surface area is 115 Å². The highest BCUT2D eigenvalue weighted by atomic mass is 32.1. The summed E-state index contributed by atoms with van der Waals surface area (Å²) in [6.07, 6.45) is 6.70. The minimum Gasteiger partial charge on any atom is -0.316 e. The number of nitrogens with one attached hydrogen (secondary N) is 1. The van der Waals surface area contributed by atoms with Crippen LogP contribution in [0, 0.1) is 25.7 Å². The van der Waals surface area contributed by atoms with Crippen molar-refractivity contribution < 1.29 is 0 Å². The Morgan fingerprint density at radius 2 is 2.17 bits per heavy atom. The van der Waals surface area contributed by atoms with Gasteiger partial charge in [0.05, 0.1) is 10.7 Å². The molecule has 1 aromatic rings. The predicted octanol–water partition coefficient (Wildman–Crippen LogP) is 3.72. The first-order valence-corrected chi connectivity index (χ1v) is 8.02. The highest BCUT2D eigenvalue weighted by molar-refractivity contribution is 7.11. The van der Waals surface area contributed by atoms with Gasteiger partial charge in [-0.1, -0.05) is 19.8 Å². The number of aromatic nitrogens is 1. The van der Waals surface area contributed by atoms with Gasteiger partial charge in [-0.15, -0.1) is 11.3 Å². The molecule has 0 aliphatic heterocycles. The first kappa shape index (κ1) is 14.0. The van der Waals surface area contributed by atoms with Gasteiger partial charge in [-0.3, -0.25) is 0 Å². The second kappa shape index (κ2) is 6.16. The summed E-state index contributed by atoms with van der Waals surface area (Å²) in [5, 5.41) is 4.84. The minimum atomic E-state index is 0.609. The fraction of sp³-hybridized carbons (Fsp3) is 0.800. The van der Waals surface area contributed by atoms with Crippen LogP contribution in [0.5, 0.6) is 0 Å². The maximum atomic E-state index is 4.69. The third-order valence-corrected chi connectivity index (χ3v) is 5.48. The van der Waals surface area contributed by atoms with Crippen molar-refractivity contribution in [2.45, 2.75) is 58.9 Å². The largest absolute Gasteiger partial charge is 0.316 e. The number of nitrogens with zero attached hydrogens (tertiary/aromatic N) is 1. The molecule has 3 atom stereocenters. The molecule has 1 aliphatic rings. The third kappa shape index (κ3) is 3.33. The first-order chi connectivity index (χ1) is 8.60. The van der Waals surface area contributed by atoms with Crippen LogP contribution in [-0.4, -0.2) is 18.1 Å². The van der Waals surface area contributed by atoms with Gasteiger partial charge in [-0.2, -0.15) is 0 Å². The summed E-state index contributed by atoms with van der Waals surface area (Å²) in [6.45, 7) is 6.69. The van der Waals surface area contributed by atoms with Crippen molar-refractivity contribution in [3.8, 4) is 0 Å². The minimum absolute atomic E-state index is 0.609. The van der Waals surface area contributed by atoms with Gasteiger partial charge in [-0.05, 0) is 45.6 Å². The number of likely N-dealkylation sites (N-methyl/N-ethyl adjacent to an activating group) is 1. The number of hydrogen-bond acceptors (Lipinski definition) is 3. The van der Waals surface area contributed by atoms with Crippen molar-refractivity contribution in [3.63, 3.8) is 0 Å². The van der Waals surface area contributed by atoms with Crippen LogP contribution in [0.15, 0.2) is 0 Å². The Morgan fingerprint density at radius 1 is 1.39 bits per heavy atom. The van der Waals surface area contributed by atoms with Crippen LogP contribution in [0.4, 0.5) is 0 Å². The van der Waals surface area contributed by atoms with E-state index in [9.17, 15) is 0 Å². The average Bonchev–Trinajstić information content (AvgIpc) is 2.65. The number of thiazole rings is 1. The van der Waals surface area contributed by atoms with E-state index in [-0.39, 0.29) is 0 Å². The lowest BCUT2D eigenvalue weighted by Gasteiger charge is -2.32. The highest BCUT2D eigenvalue weighted by Crippen LogP contribution is 2.32. The molecule has 3 heteroatoms. The Balaban J connectivity index is 2.00. The quantitative estimate of drug-likeness (QED) is 0.898. The monoisotopic (exact) mass is 266 g/mol. The Hall–Kier alpha value is -0.410. The molecule has 1 heterocycles. The van der Waals surface area contributed by atoms with Crippen molar-refractivity contribution in [2.24, 2.45) is 11.8 Å². The fourth-order valence-corrected chi connectivity index (χ4v) is 4.16. The van der Waals surface area contributed by atoms with E-state index in [1.54, 1.807) is 0 Å². The number of hydrogen-bond donors (Lipinski definition) is 1. The number of rotatable bonds is 4. The van der Waals surface area contributed by atoms with Crippen LogP contribution in [0.1, 0.15) is 48.2 Å². The zero-order valence-electron chi connectivity index (χ0n) is 12.1. The van der Waals surface area contributed by atoms with E-state index in [1.165, 1.54) is 41.3 Å². The third-order valence-electron chi connectivity index (χ3n) is 4.38. The Kier molecular flexibility index (Phi) is 4.79. The lowest BCUT2D eigenvalue weighted by Crippen LogP contribution is -2.37. The Morgan fingerprint density at radius 3 is 2.72 bits per heavy atom. The van der Waals surface area contributed by atoms with E-state index in [2.05, 4.69) is 33.1 Å². The maximum absolute atomic E-state index is 4.69. The SMILES string of the molecule is CNC(Cc1nc(C)c(C)s1)C1CCCC(C)C1. The molecule has 0 spiro atoms. The molecule has 1 aliphatic carbocycles. The van der Waals surface area contributed by atoms with E-state index in [1.807, 2.05) is 11.3 Å². The van der Waals surface area contributed by atoms with Gasteiger partial charge >= 0.3 is 0 Å². The molecule has 18 heavy (non-hydrogen) atoms. The summed E-state index contributed by atoms with van der Waals surface area (Å²) >= 11 is 1.87. The van der Waals surface area contributed by atoms with Crippen molar-refractivity contribution >= 4 is 11.3 Å². The van der Waals surface area contributed by atoms with Gasteiger partial charge in [-0.25, -0.2) is 4.98 Å². The molecule has 102 valence electrons. The molecule has 0 amide bonds. The second-order valence-electron chi connectivity index (χ2n) is 5.88. The molecule has 1 N–H and O–H groups in total. The summed E-state index contributed by atoms with van der Waals surface area (Å²) in [5.74, 6) is 1.74. The van der Waals surface area contributed by atoms with Crippen LogP contribution in [0.3, 0.4) is 0 Å². The van der Waals surface area contributed by atoms with Crippen LogP contribution in [0.2, 0.25) is 0 Å². The molecule has 2 rings (SSSR count). The number of aryl methyl sites for hydroxylation is 2. The molecule has 2 nitrogen and oxygen atoms in total. The molecular weight excluding hydrogens is 240 g/mol. The van der Waals surface area contributed by atoms with Gasteiger partial charge in [0, 0.05) is 17.3 Å². The molecule has 0 aromatic carbocycles. The molecule has 0 radical (unpaired) electrons. The summed E-state index contributed by atoms with van der Waals surface area (Å²) in [5.41, 5.74) is 1.21. The smallest absolute Gasteiger partial charge is 0.0946 e. The zero-order chi connectivity index (χ0) is 13.1. The molecule has 1 saturated carbocycles. The highest BCUT2D eigenvalue weighted by Gasteiger charge is 2.26. The summed E-state index contributed by atoms with van der Waals surface area (Å²) in [7, 11) is 2.11. The summed E-state index contributed by atoms with van der Waals surface area (Å²) in [6, 6.07) is 0.609. The molecule has 3 unspecified atom stereocenters. The van der Waals surface area contributed by atoms with Crippen molar-refractivity contribution in [2.75, 3.05) is 7.05 Å². The van der Waals surface area contributed by atoms with Crippen LogP contribution in [0.25, 0.3) is 0 Å². The van der Waals surface area contributed by atoms with E-state index < -0.39 is 0 Å². The molecule has 1 fully saturated rings. The fourth-order valence-electron chi connectivity index (χ4n) is 3.17. The van der Waals surface area contributed by atoms with Crippen LogP contribution < -0.4 is 5.32 Å². The molecule has 0 bridgehead atoms. The first-order valence-electron chi connectivity index (χ1n) is 7.20. The van der Waals surface area contributed by atoms with Gasteiger partial charge in [0.25, 0.3) is 0 Å². The van der Waals surface area contributed by atoms with Gasteiger partial charge in [0.2, 0.25) is 0 Å². The van der Waals surface area contributed by atoms with E-state index in [4.69, 9.17) is 4.98 Å². The average molecular weight is 266 g/mol. The topological polar surface area (TPSA) is 24.9 Å². The summed E-state index contributed by atoms with van der Waals surface area (Å²) < 4.78 is 0. The van der Waals surface area contributed by atoms with Crippen LogP contribution >= 0.6 is 11.3 Å². The molecule has 0 saturated heterocycles. The van der Waals surface area contributed by atoms with Gasteiger partial charge in [0.1, 0.15) is 0 Å². The molecule has 1 aromatic heterocycles. The van der Waals surface area contributed by atoms with Crippen LogP contribution in [-0.2, 0) is 6.42 Å². The van der Waals surface area contributed by atoms with E-state index in [0.29, 0.717) is 6.04 Å². The van der Waals surface area contributed by atoms with Gasteiger partial charge < -0.3 is 5.32 Å². The summed E-state index contributed by atoms with van der Waals surface area (Å²) in [4.78, 5) is 6.06. The van der Waals surface area contributed by atoms with Crippen molar-refractivity contribution in [1.29, 1.82) is 0 Å². The lowest BCUT2D eigenvalue weighted by molar-refractivity contribution is 0.227. The van der Waals surface area contributed by atoms with Gasteiger partial charge in [0.15, 0.2) is 0 Å².